The van der Waals surface area contributed by atoms with Gasteiger partial charge < -0.3 is 5.32 Å². The van der Waals surface area contributed by atoms with Gasteiger partial charge in [0.2, 0.25) is 0 Å². The van der Waals surface area contributed by atoms with E-state index in [4.69, 9.17) is 0 Å². The van der Waals surface area contributed by atoms with Crippen molar-refractivity contribution < 1.29 is 4.79 Å². The summed E-state index contributed by atoms with van der Waals surface area (Å²) in [5.41, 5.74) is 1.13. The van der Waals surface area contributed by atoms with Crippen LogP contribution in [-0.4, -0.2) is 27.7 Å². The smallest absolute Gasteiger partial charge is 0.274 e. The van der Waals surface area contributed by atoms with Crippen molar-refractivity contribution in [1.29, 1.82) is 0 Å². The Kier molecular flexibility index (Phi) is 4.71. The first-order valence-electron chi connectivity index (χ1n) is 7.73. The number of hydrogen-bond donors (Lipinski definition) is 1. The molecular formula is C17H18N4O2S. The van der Waals surface area contributed by atoms with Gasteiger partial charge in [-0.15, -0.1) is 11.3 Å². The summed E-state index contributed by atoms with van der Waals surface area (Å²) in [6.45, 7) is 2.42. The van der Waals surface area contributed by atoms with Crippen molar-refractivity contribution >= 4 is 28.0 Å². The third kappa shape index (κ3) is 3.21. The summed E-state index contributed by atoms with van der Waals surface area (Å²) in [5.74, 6) is -0.296. The van der Waals surface area contributed by atoms with Gasteiger partial charge in [-0.1, -0.05) is 18.2 Å². The van der Waals surface area contributed by atoms with Gasteiger partial charge >= 0.3 is 0 Å². The average Bonchev–Trinajstić information content (AvgIpc) is 3.01. The highest BCUT2D eigenvalue weighted by atomic mass is 32.1. The molecule has 0 aliphatic carbocycles. The van der Waals surface area contributed by atoms with Crippen molar-refractivity contribution in [3.63, 3.8) is 0 Å². The van der Waals surface area contributed by atoms with Gasteiger partial charge in [0, 0.05) is 24.4 Å². The predicted octanol–water partition coefficient (Wildman–Crippen LogP) is 2.15. The van der Waals surface area contributed by atoms with Crippen LogP contribution in [0.5, 0.6) is 0 Å². The lowest BCUT2D eigenvalue weighted by Crippen LogP contribution is -2.29. The molecule has 1 N–H and O–H groups in total. The number of amides is 1. The molecule has 0 aliphatic rings. The van der Waals surface area contributed by atoms with E-state index in [0.29, 0.717) is 17.3 Å². The molecular weight excluding hydrogens is 324 g/mol. The summed E-state index contributed by atoms with van der Waals surface area (Å²) in [7, 11) is 1.55. The zero-order chi connectivity index (χ0) is 17.1. The van der Waals surface area contributed by atoms with Crippen molar-refractivity contribution in [1.82, 2.24) is 20.1 Å². The van der Waals surface area contributed by atoms with E-state index in [2.05, 4.69) is 15.4 Å². The maximum Gasteiger partial charge on any atom is 0.274 e. The van der Waals surface area contributed by atoms with Gasteiger partial charge in [-0.3, -0.25) is 9.59 Å². The highest BCUT2D eigenvalue weighted by molar-refractivity contribution is 7.09. The summed E-state index contributed by atoms with van der Waals surface area (Å²) < 4.78 is 1.38. The Morgan fingerprint density at radius 2 is 2.04 bits per heavy atom. The normalized spacial score (nSPS) is 10.9. The van der Waals surface area contributed by atoms with E-state index in [-0.39, 0.29) is 17.2 Å². The fraction of sp³-hybridized carbons (Fsp3) is 0.294. The molecule has 3 aromatic rings. The summed E-state index contributed by atoms with van der Waals surface area (Å²) in [5, 5.41) is 11.0. The monoisotopic (exact) mass is 342 g/mol. The maximum absolute atomic E-state index is 12.6. The minimum absolute atomic E-state index is 0.173. The van der Waals surface area contributed by atoms with E-state index >= 15 is 0 Å². The number of benzene rings is 1. The Labute approximate surface area is 143 Å². The number of aromatic nitrogens is 3. The van der Waals surface area contributed by atoms with Gasteiger partial charge in [0.1, 0.15) is 0 Å². The van der Waals surface area contributed by atoms with Crippen LogP contribution < -0.4 is 10.9 Å². The van der Waals surface area contributed by atoms with Gasteiger partial charge in [0.05, 0.1) is 16.1 Å². The lowest BCUT2D eigenvalue weighted by Gasteiger charge is -2.10. The minimum Gasteiger partial charge on any atom is -0.354 e. The second-order valence-corrected chi connectivity index (χ2v) is 6.53. The fourth-order valence-electron chi connectivity index (χ4n) is 2.61. The second kappa shape index (κ2) is 6.92. The van der Waals surface area contributed by atoms with Gasteiger partial charge in [-0.2, -0.15) is 5.10 Å². The first-order valence-corrected chi connectivity index (χ1v) is 8.61. The molecule has 24 heavy (non-hydrogen) atoms. The molecule has 124 valence electrons. The number of carbonyl (C=O) groups excluding carboxylic acids is 1. The molecule has 2 heterocycles. The number of thiazole rings is 1. The van der Waals surface area contributed by atoms with E-state index in [0.717, 1.165) is 23.5 Å². The molecule has 0 atom stereocenters. The van der Waals surface area contributed by atoms with E-state index in [9.17, 15) is 9.59 Å². The van der Waals surface area contributed by atoms with Crippen molar-refractivity contribution in [3.05, 3.63) is 56.4 Å². The van der Waals surface area contributed by atoms with Gasteiger partial charge in [-0.05, 0) is 25.8 Å². The molecule has 0 spiro atoms. The topological polar surface area (TPSA) is 76.9 Å². The lowest BCUT2D eigenvalue weighted by molar-refractivity contribution is 0.0957. The zero-order valence-corrected chi connectivity index (χ0v) is 14.4. The van der Waals surface area contributed by atoms with Gasteiger partial charge in [-0.25, -0.2) is 9.67 Å². The molecule has 0 saturated heterocycles. The van der Waals surface area contributed by atoms with Crippen LogP contribution in [0.25, 0.3) is 10.8 Å². The van der Waals surface area contributed by atoms with Crippen molar-refractivity contribution in [3.8, 4) is 0 Å². The van der Waals surface area contributed by atoms with Crippen LogP contribution in [0.1, 0.15) is 27.6 Å². The SMILES string of the molecule is CNC(=O)c1nn(CCCc2csc(C)n2)c(=O)c2ccccc12. The second-order valence-electron chi connectivity index (χ2n) is 5.46. The molecule has 0 radical (unpaired) electrons. The van der Waals surface area contributed by atoms with Gasteiger partial charge in [0.25, 0.3) is 11.5 Å². The number of carbonyl (C=O) groups is 1. The maximum atomic E-state index is 12.6. The molecule has 3 rings (SSSR count). The Balaban J connectivity index is 1.91. The molecule has 2 aromatic heterocycles. The first-order chi connectivity index (χ1) is 11.6. The summed E-state index contributed by atoms with van der Waals surface area (Å²) in [6, 6.07) is 7.06. The molecule has 0 saturated carbocycles. The van der Waals surface area contributed by atoms with E-state index in [1.165, 1.54) is 4.68 Å². The Bertz CT molecular complexity index is 945. The number of nitrogens with one attached hydrogen (secondary N) is 1. The highest BCUT2D eigenvalue weighted by Crippen LogP contribution is 2.14. The van der Waals surface area contributed by atoms with Crippen LogP contribution in [0, 0.1) is 6.92 Å². The molecule has 1 amide bonds. The number of hydrogen-bond acceptors (Lipinski definition) is 5. The quantitative estimate of drug-likeness (QED) is 0.771. The highest BCUT2D eigenvalue weighted by Gasteiger charge is 2.15. The third-order valence-corrected chi connectivity index (χ3v) is 4.60. The molecule has 6 nitrogen and oxygen atoms in total. The first kappa shape index (κ1) is 16.3. The van der Waals surface area contributed by atoms with Crippen LogP contribution in [0.3, 0.4) is 0 Å². The average molecular weight is 342 g/mol. The van der Waals surface area contributed by atoms with Crippen LogP contribution in [0.2, 0.25) is 0 Å². The molecule has 0 aliphatic heterocycles. The van der Waals surface area contributed by atoms with Crippen LogP contribution >= 0.6 is 11.3 Å². The number of nitrogens with zero attached hydrogens (tertiary/aromatic N) is 3. The molecule has 1 aromatic carbocycles. The van der Waals surface area contributed by atoms with Crippen molar-refractivity contribution in [2.24, 2.45) is 0 Å². The van der Waals surface area contributed by atoms with Crippen molar-refractivity contribution in [2.45, 2.75) is 26.3 Å². The fourth-order valence-corrected chi connectivity index (χ4v) is 3.25. The van der Waals surface area contributed by atoms with E-state index in [1.54, 1.807) is 42.6 Å². The van der Waals surface area contributed by atoms with E-state index in [1.807, 2.05) is 12.3 Å². The summed E-state index contributed by atoms with van der Waals surface area (Å²) >= 11 is 1.62. The summed E-state index contributed by atoms with van der Waals surface area (Å²) in [4.78, 5) is 29.1. The van der Waals surface area contributed by atoms with Crippen LogP contribution in [0.15, 0.2) is 34.4 Å². The number of aryl methyl sites for hydroxylation is 3. The minimum atomic E-state index is -0.296. The van der Waals surface area contributed by atoms with E-state index < -0.39 is 0 Å². The van der Waals surface area contributed by atoms with Gasteiger partial charge in [0.15, 0.2) is 5.69 Å². The largest absolute Gasteiger partial charge is 0.354 e. The molecule has 0 unspecified atom stereocenters. The zero-order valence-electron chi connectivity index (χ0n) is 13.6. The Morgan fingerprint density at radius 3 is 2.71 bits per heavy atom. The molecule has 0 fully saturated rings. The molecule has 7 heteroatoms. The standard InChI is InChI=1S/C17H18N4O2S/c1-11-19-12(10-24-11)6-5-9-21-17(23)14-8-4-3-7-13(14)15(20-21)16(22)18-2/h3-4,7-8,10H,5-6,9H2,1-2H3,(H,18,22). The molecule has 0 bridgehead atoms. The number of fused-ring (bicyclic) bond motifs is 1. The Hall–Kier alpha value is -2.54. The van der Waals surface area contributed by atoms with Crippen LogP contribution in [0.4, 0.5) is 0 Å². The Morgan fingerprint density at radius 1 is 1.29 bits per heavy atom. The lowest BCUT2D eigenvalue weighted by atomic mass is 10.1. The number of rotatable bonds is 5. The van der Waals surface area contributed by atoms with Crippen LogP contribution in [-0.2, 0) is 13.0 Å². The summed E-state index contributed by atoms with van der Waals surface area (Å²) in [6.07, 6.45) is 1.52. The van der Waals surface area contributed by atoms with Crippen molar-refractivity contribution in [2.75, 3.05) is 7.05 Å². The third-order valence-electron chi connectivity index (χ3n) is 3.78. The predicted molar refractivity (Wildman–Crippen MR) is 94.6 cm³/mol.